The number of para-hydroxylation sites is 1. The number of hydrogen-bond acceptors (Lipinski definition) is 4. The van der Waals surface area contributed by atoms with E-state index >= 15 is 0 Å². The lowest BCUT2D eigenvalue weighted by Crippen LogP contribution is -2.27. The lowest BCUT2D eigenvalue weighted by molar-refractivity contribution is -0.137. The Morgan fingerprint density at radius 2 is 1.72 bits per heavy atom. The number of aromatic nitrogens is 2. The molecular formula is C30H24F3N3O3. The van der Waals surface area contributed by atoms with E-state index in [1.54, 1.807) is 48.0 Å². The van der Waals surface area contributed by atoms with Crippen molar-refractivity contribution in [3.8, 4) is 0 Å². The second-order valence-electron chi connectivity index (χ2n) is 9.21. The zero-order chi connectivity index (χ0) is 27.7. The molecule has 1 atom stereocenters. The molecule has 5 aromatic rings. The Morgan fingerprint density at radius 3 is 2.44 bits per heavy atom. The van der Waals surface area contributed by atoms with Crippen molar-refractivity contribution in [2.24, 2.45) is 0 Å². The highest BCUT2D eigenvalue weighted by Crippen LogP contribution is 2.34. The molecule has 0 bridgehead atoms. The van der Waals surface area contributed by atoms with Crippen molar-refractivity contribution in [1.82, 2.24) is 14.9 Å². The molecule has 1 N–H and O–H groups in total. The number of rotatable bonds is 6. The predicted molar refractivity (Wildman–Crippen MR) is 141 cm³/mol. The largest absolute Gasteiger partial charge is 0.465 e. The van der Waals surface area contributed by atoms with Crippen LogP contribution in [-0.4, -0.2) is 28.5 Å². The standard InChI is InChI=1S/C30H24F3N3O3/c1-18(19-7-9-21(10-8-19)29(38)39-2)34-28(37)25-16-23(30(31,32)33)15-22-13-14-36(27(22)25)17-24-12-11-20-5-3-4-6-26(20)35-24/h3-16,18H,17H2,1-2H3,(H,34,37)/t18-/m0/s1. The molecule has 6 nitrogen and oxygen atoms in total. The molecule has 39 heavy (non-hydrogen) atoms. The molecule has 5 rings (SSSR count). The second-order valence-corrected chi connectivity index (χ2v) is 9.21. The van der Waals surface area contributed by atoms with E-state index in [0.717, 1.165) is 23.0 Å². The van der Waals surface area contributed by atoms with Crippen LogP contribution in [0.3, 0.4) is 0 Å². The molecule has 0 spiro atoms. The van der Waals surface area contributed by atoms with E-state index in [4.69, 9.17) is 4.74 Å². The van der Waals surface area contributed by atoms with E-state index in [9.17, 15) is 22.8 Å². The number of halogens is 3. The highest BCUT2D eigenvalue weighted by Gasteiger charge is 2.33. The maximum Gasteiger partial charge on any atom is 0.416 e. The minimum Gasteiger partial charge on any atom is -0.465 e. The van der Waals surface area contributed by atoms with Crippen molar-refractivity contribution in [2.75, 3.05) is 7.11 Å². The van der Waals surface area contributed by atoms with Gasteiger partial charge < -0.3 is 14.6 Å². The SMILES string of the molecule is COC(=O)c1ccc([C@H](C)NC(=O)c2cc(C(F)(F)F)cc3ccn(Cc4ccc5ccccc5n4)c23)cc1. The van der Waals surface area contributed by atoms with E-state index < -0.39 is 29.7 Å². The summed E-state index contributed by atoms with van der Waals surface area (Å²) in [5.74, 6) is -1.15. The van der Waals surface area contributed by atoms with E-state index in [1.807, 2.05) is 36.4 Å². The molecule has 2 aromatic heterocycles. The fraction of sp³-hybridized carbons (Fsp3) is 0.167. The number of carbonyl (C=O) groups is 2. The van der Waals surface area contributed by atoms with Gasteiger partial charge in [-0.1, -0.05) is 36.4 Å². The summed E-state index contributed by atoms with van der Waals surface area (Å²) in [7, 11) is 1.28. The van der Waals surface area contributed by atoms with Crippen LogP contribution in [0.25, 0.3) is 21.8 Å². The highest BCUT2D eigenvalue weighted by molar-refractivity contribution is 6.06. The van der Waals surface area contributed by atoms with Crippen LogP contribution < -0.4 is 5.32 Å². The Labute approximate surface area is 222 Å². The molecule has 0 fully saturated rings. The normalized spacial score (nSPS) is 12.4. The van der Waals surface area contributed by atoms with Gasteiger partial charge in [-0.15, -0.1) is 0 Å². The third kappa shape index (κ3) is 5.34. The van der Waals surface area contributed by atoms with Gasteiger partial charge in [0.05, 0.1) is 53.1 Å². The lowest BCUT2D eigenvalue weighted by Gasteiger charge is -2.17. The molecule has 0 saturated heterocycles. The Morgan fingerprint density at radius 1 is 0.974 bits per heavy atom. The molecule has 3 aromatic carbocycles. The molecular weight excluding hydrogens is 507 g/mol. The molecule has 0 aliphatic carbocycles. The van der Waals surface area contributed by atoms with E-state index in [2.05, 4.69) is 10.3 Å². The topological polar surface area (TPSA) is 73.2 Å². The molecule has 0 radical (unpaired) electrons. The van der Waals surface area contributed by atoms with Crippen molar-refractivity contribution < 1.29 is 27.5 Å². The fourth-order valence-electron chi connectivity index (χ4n) is 4.57. The Balaban J connectivity index is 1.50. The van der Waals surface area contributed by atoms with Crippen molar-refractivity contribution >= 4 is 33.7 Å². The summed E-state index contributed by atoms with van der Waals surface area (Å²) in [6.07, 6.45) is -2.96. The van der Waals surface area contributed by atoms with E-state index in [1.165, 1.54) is 7.11 Å². The van der Waals surface area contributed by atoms with E-state index in [-0.39, 0.29) is 12.1 Å². The minimum absolute atomic E-state index is 0.0938. The summed E-state index contributed by atoms with van der Waals surface area (Å²) in [5.41, 5.74) is 1.91. The van der Waals surface area contributed by atoms with Crippen LogP contribution in [0, 0.1) is 0 Å². The molecule has 2 heterocycles. The number of nitrogens with one attached hydrogen (secondary N) is 1. The van der Waals surface area contributed by atoms with Gasteiger partial charge >= 0.3 is 12.1 Å². The monoisotopic (exact) mass is 531 g/mol. The van der Waals surface area contributed by atoms with Crippen LogP contribution in [-0.2, 0) is 17.5 Å². The molecule has 0 saturated carbocycles. The summed E-state index contributed by atoms with van der Waals surface area (Å²) in [6, 6.07) is 20.8. The first-order chi connectivity index (χ1) is 18.6. The summed E-state index contributed by atoms with van der Waals surface area (Å²) in [6.45, 7) is 1.98. The number of methoxy groups -OCH3 is 1. The average Bonchev–Trinajstić information content (AvgIpc) is 3.34. The van der Waals surface area contributed by atoms with Crippen molar-refractivity contribution in [1.29, 1.82) is 0 Å². The van der Waals surface area contributed by atoms with Crippen LogP contribution >= 0.6 is 0 Å². The maximum atomic E-state index is 13.7. The summed E-state index contributed by atoms with van der Waals surface area (Å²) >= 11 is 0. The first-order valence-corrected chi connectivity index (χ1v) is 12.2. The molecule has 198 valence electrons. The number of alkyl halides is 3. The first kappa shape index (κ1) is 26.0. The van der Waals surface area contributed by atoms with Gasteiger partial charge in [-0.25, -0.2) is 4.79 Å². The number of pyridine rings is 1. The number of fused-ring (bicyclic) bond motifs is 2. The third-order valence-electron chi connectivity index (χ3n) is 6.60. The zero-order valence-corrected chi connectivity index (χ0v) is 21.1. The van der Waals surface area contributed by atoms with Crippen LogP contribution in [0.15, 0.2) is 85.1 Å². The van der Waals surface area contributed by atoms with Gasteiger partial charge in [-0.05, 0) is 55.0 Å². The van der Waals surface area contributed by atoms with Gasteiger partial charge in [0, 0.05) is 17.0 Å². The summed E-state index contributed by atoms with van der Waals surface area (Å²) in [4.78, 5) is 29.8. The number of nitrogens with zero attached hydrogens (tertiary/aromatic N) is 2. The third-order valence-corrected chi connectivity index (χ3v) is 6.60. The van der Waals surface area contributed by atoms with Crippen molar-refractivity contribution in [2.45, 2.75) is 25.7 Å². The highest BCUT2D eigenvalue weighted by atomic mass is 19.4. The van der Waals surface area contributed by atoms with Gasteiger partial charge in [-0.2, -0.15) is 13.2 Å². The number of hydrogen-bond donors (Lipinski definition) is 1. The predicted octanol–water partition coefficient (Wildman–Crippen LogP) is 6.53. The Bertz CT molecular complexity index is 1690. The fourth-order valence-corrected chi connectivity index (χ4v) is 4.57. The number of esters is 1. The molecule has 0 aliphatic heterocycles. The minimum atomic E-state index is -4.62. The van der Waals surface area contributed by atoms with Gasteiger partial charge in [-0.3, -0.25) is 9.78 Å². The zero-order valence-electron chi connectivity index (χ0n) is 21.1. The Kier molecular flexibility index (Phi) is 6.82. The van der Waals surface area contributed by atoms with Gasteiger partial charge in [0.15, 0.2) is 0 Å². The second kappa shape index (κ2) is 10.2. The van der Waals surface area contributed by atoms with Crippen molar-refractivity contribution in [3.63, 3.8) is 0 Å². The first-order valence-electron chi connectivity index (χ1n) is 12.2. The van der Waals surface area contributed by atoms with E-state index in [0.29, 0.717) is 27.7 Å². The smallest absolute Gasteiger partial charge is 0.416 e. The molecule has 1 amide bonds. The van der Waals surface area contributed by atoms with Gasteiger partial charge in [0.25, 0.3) is 5.91 Å². The van der Waals surface area contributed by atoms with Crippen LogP contribution in [0.2, 0.25) is 0 Å². The number of ether oxygens (including phenoxy) is 1. The number of benzene rings is 3. The summed E-state index contributed by atoms with van der Waals surface area (Å²) < 4.78 is 47.6. The summed E-state index contributed by atoms with van der Waals surface area (Å²) in [5, 5.41) is 4.07. The maximum absolute atomic E-state index is 13.7. The van der Waals surface area contributed by atoms with Crippen LogP contribution in [0.1, 0.15) is 50.5 Å². The van der Waals surface area contributed by atoms with Crippen molar-refractivity contribution in [3.05, 3.63) is 113 Å². The van der Waals surface area contributed by atoms with Crippen LogP contribution in [0.4, 0.5) is 13.2 Å². The molecule has 0 unspecified atom stereocenters. The Hall–Kier alpha value is -4.66. The molecule has 0 aliphatic rings. The average molecular weight is 532 g/mol. The van der Waals surface area contributed by atoms with Crippen LogP contribution in [0.5, 0.6) is 0 Å². The quantitative estimate of drug-likeness (QED) is 0.253. The number of carbonyl (C=O) groups excluding carboxylic acids is 2. The van der Waals surface area contributed by atoms with Gasteiger partial charge in [0.2, 0.25) is 0 Å². The van der Waals surface area contributed by atoms with Gasteiger partial charge in [0.1, 0.15) is 0 Å². The molecule has 9 heteroatoms. The lowest BCUT2D eigenvalue weighted by atomic mass is 10.0. The number of amides is 1.